The minimum absolute atomic E-state index is 0.0476. The number of likely N-dealkylation sites (tertiary alicyclic amines) is 1. The molecule has 3 aliphatic rings. The lowest BCUT2D eigenvalue weighted by atomic mass is 10.1. The minimum Gasteiger partial charge on any atom is -0.479 e. The Balaban J connectivity index is 1.25. The predicted octanol–water partition coefficient (Wildman–Crippen LogP) is 1.35. The van der Waals surface area contributed by atoms with E-state index in [1.807, 2.05) is 34.1 Å². The molecule has 0 spiro atoms. The lowest BCUT2D eigenvalue weighted by molar-refractivity contribution is -0.135. The highest BCUT2D eigenvalue weighted by Crippen LogP contribution is 2.33. The molecule has 8 heteroatoms. The molecule has 1 atom stereocenters. The Morgan fingerprint density at radius 3 is 2.35 bits per heavy atom. The third-order valence-corrected chi connectivity index (χ3v) is 6.42. The van der Waals surface area contributed by atoms with Crippen LogP contribution in [-0.2, 0) is 14.4 Å². The molecule has 4 rings (SSSR count). The molecule has 2 fully saturated rings. The smallest absolute Gasteiger partial charge is 0.267 e. The van der Waals surface area contributed by atoms with Gasteiger partial charge in [-0.2, -0.15) is 0 Å². The summed E-state index contributed by atoms with van der Waals surface area (Å²) in [5, 5.41) is 0. The van der Waals surface area contributed by atoms with E-state index < -0.39 is 6.10 Å². The Bertz CT molecular complexity index is 816. The standard InChI is InChI=1S/C23H32N4O4/c1-18-23(30)27(19-7-3-4-8-20(19)31-18)12-9-21(28)26-15-13-24(14-16-26)17-22(29)25-10-5-2-6-11-25/h3-4,7-8,18H,2,5-6,9-17H2,1H3. The summed E-state index contributed by atoms with van der Waals surface area (Å²) in [6.45, 7) is 6.93. The fraction of sp³-hybridized carbons (Fsp3) is 0.609. The molecule has 0 radical (unpaired) electrons. The summed E-state index contributed by atoms with van der Waals surface area (Å²) in [7, 11) is 0. The van der Waals surface area contributed by atoms with Gasteiger partial charge in [0, 0.05) is 52.2 Å². The van der Waals surface area contributed by atoms with Crippen molar-refractivity contribution in [3.8, 4) is 5.75 Å². The molecule has 3 amide bonds. The summed E-state index contributed by atoms with van der Waals surface area (Å²) in [5.74, 6) is 0.811. The van der Waals surface area contributed by atoms with Crippen LogP contribution in [0.25, 0.3) is 0 Å². The van der Waals surface area contributed by atoms with Crippen molar-refractivity contribution in [3.05, 3.63) is 24.3 Å². The minimum atomic E-state index is -0.550. The van der Waals surface area contributed by atoms with Crippen molar-refractivity contribution in [2.75, 3.05) is 57.3 Å². The summed E-state index contributed by atoms with van der Waals surface area (Å²) >= 11 is 0. The van der Waals surface area contributed by atoms with E-state index in [1.54, 1.807) is 11.8 Å². The van der Waals surface area contributed by atoms with E-state index in [4.69, 9.17) is 4.74 Å². The molecule has 1 aromatic rings. The number of hydrogen-bond acceptors (Lipinski definition) is 5. The third-order valence-electron chi connectivity index (χ3n) is 6.42. The molecule has 168 valence electrons. The zero-order chi connectivity index (χ0) is 21.8. The highest BCUT2D eigenvalue weighted by molar-refractivity contribution is 6.00. The summed E-state index contributed by atoms with van der Waals surface area (Å²) in [6.07, 6.45) is 3.14. The number of nitrogens with zero attached hydrogens (tertiary/aromatic N) is 4. The number of carbonyl (C=O) groups excluding carboxylic acids is 3. The Morgan fingerprint density at radius 1 is 0.935 bits per heavy atom. The number of carbonyl (C=O) groups is 3. The second kappa shape index (κ2) is 9.68. The molecule has 8 nitrogen and oxygen atoms in total. The molecule has 3 heterocycles. The van der Waals surface area contributed by atoms with E-state index >= 15 is 0 Å². The Morgan fingerprint density at radius 2 is 1.61 bits per heavy atom. The molecule has 31 heavy (non-hydrogen) atoms. The summed E-state index contributed by atoms with van der Waals surface area (Å²) in [6, 6.07) is 7.43. The lowest BCUT2D eigenvalue weighted by Crippen LogP contribution is -2.52. The molecular formula is C23H32N4O4. The number of amides is 3. The number of piperazine rings is 1. The van der Waals surface area contributed by atoms with Gasteiger partial charge in [0.25, 0.3) is 5.91 Å². The molecule has 2 saturated heterocycles. The lowest BCUT2D eigenvalue weighted by Gasteiger charge is -2.37. The van der Waals surface area contributed by atoms with Crippen LogP contribution in [0, 0.1) is 0 Å². The number of anilines is 1. The van der Waals surface area contributed by atoms with Crippen LogP contribution in [0.2, 0.25) is 0 Å². The highest BCUT2D eigenvalue weighted by Gasteiger charge is 2.32. The normalized spacial score (nSPS) is 22.2. The van der Waals surface area contributed by atoms with Gasteiger partial charge < -0.3 is 19.4 Å². The van der Waals surface area contributed by atoms with Crippen molar-refractivity contribution in [3.63, 3.8) is 0 Å². The molecule has 1 unspecified atom stereocenters. The number of para-hydroxylation sites is 2. The summed E-state index contributed by atoms with van der Waals surface area (Å²) < 4.78 is 5.66. The maximum Gasteiger partial charge on any atom is 0.267 e. The van der Waals surface area contributed by atoms with Crippen molar-refractivity contribution in [1.29, 1.82) is 0 Å². The maximum atomic E-state index is 12.8. The van der Waals surface area contributed by atoms with Crippen LogP contribution in [-0.4, -0.2) is 90.9 Å². The third kappa shape index (κ3) is 5.01. The van der Waals surface area contributed by atoms with Crippen molar-refractivity contribution in [1.82, 2.24) is 14.7 Å². The van der Waals surface area contributed by atoms with Crippen LogP contribution >= 0.6 is 0 Å². The van der Waals surface area contributed by atoms with Gasteiger partial charge in [0.15, 0.2) is 6.10 Å². The molecule has 3 aliphatic heterocycles. The van der Waals surface area contributed by atoms with E-state index in [2.05, 4.69) is 4.90 Å². The van der Waals surface area contributed by atoms with Crippen molar-refractivity contribution in [2.24, 2.45) is 0 Å². The average molecular weight is 429 g/mol. The Hall–Kier alpha value is -2.61. The maximum absolute atomic E-state index is 12.8. The van der Waals surface area contributed by atoms with Crippen molar-refractivity contribution < 1.29 is 19.1 Å². The van der Waals surface area contributed by atoms with Gasteiger partial charge in [0.1, 0.15) is 5.75 Å². The van der Waals surface area contributed by atoms with E-state index in [0.29, 0.717) is 45.0 Å². The van der Waals surface area contributed by atoms with Gasteiger partial charge in [-0.3, -0.25) is 19.3 Å². The zero-order valence-corrected chi connectivity index (χ0v) is 18.3. The van der Waals surface area contributed by atoms with Gasteiger partial charge in [-0.25, -0.2) is 0 Å². The molecule has 0 saturated carbocycles. The molecule has 0 N–H and O–H groups in total. The van der Waals surface area contributed by atoms with Crippen LogP contribution in [0.15, 0.2) is 24.3 Å². The molecule has 0 bridgehead atoms. The second-order valence-electron chi connectivity index (χ2n) is 8.57. The fourth-order valence-corrected chi connectivity index (χ4v) is 4.55. The monoisotopic (exact) mass is 428 g/mol. The largest absolute Gasteiger partial charge is 0.479 e. The second-order valence-corrected chi connectivity index (χ2v) is 8.57. The number of hydrogen-bond donors (Lipinski definition) is 0. The molecular weight excluding hydrogens is 396 g/mol. The summed E-state index contributed by atoms with van der Waals surface area (Å²) in [5.41, 5.74) is 0.722. The van der Waals surface area contributed by atoms with Gasteiger partial charge in [-0.05, 0) is 38.3 Å². The van der Waals surface area contributed by atoms with Gasteiger partial charge in [0.2, 0.25) is 11.8 Å². The first kappa shape index (κ1) is 21.6. The van der Waals surface area contributed by atoms with Crippen molar-refractivity contribution >= 4 is 23.4 Å². The van der Waals surface area contributed by atoms with Gasteiger partial charge in [-0.1, -0.05) is 12.1 Å². The average Bonchev–Trinajstić information content (AvgIpc) is 2.80. The fourth-order valence-electron chi connectivity index (χ4n) is 4.55. The number of ether oxygens (including phenoxy) is 1. The number of piperidine rings is 1. The van der Waals surface area contributed by atoms with Gasteiger partial charge in [-0.15, -0.1) is 0 Å². The summed E-state index contributed by atoms with van der Waals surface area (Å²) in [4.78, 5) is 45.5. The highest BCUT2D eigenvalue weighted by atomic mass is 16.5. The van der Waals surface area contributed by atoms with E-state index in [0.717, 1.165) is 31.6 Å². The SMILES string of the molecule is CC1Oc2ccccc2N(CCC(=O)N2CCN(CC(=O)N3CCCCC3)CC2)C1=O. The van der Waals surface area contributed by atoms with Crippen LogP contribution in [0.5, 0.6) is 5.75 Å². The number of fused-ring (bicyclic) bond motifs is 1. The van der Waals surface area contributed by atoms with Crippen LogP contribution in [0.4, 0.5) is 5.69 Å². The zero-order valence-electron chi connectivity index (χ0n) is 18.3. The first-order valence-corrected chi connectivity index (χ1v) is 11.4. The van der Waals surface area contributed by atoms with E-state index in [9.17, 15) is 14.4 Å². The quantitative estimate of drug-likeness (QED) is 0.708. The molecule has 0 aromatic heterocycles. The number of rotatable bonds is 5. The van der Waals surface area contributed by atoms with Crippen molar-refractivity contribution in [2.45, 2.75) is 38.7 Å². The first-order valence-electron chi connectivity index (χ1n) is 11.4. The molecule has 0 aliphatic carbocycles. The Kier molecular flexibility index (Phi) is 6.75. The van der Waals surface area contributed by atoms with Crippen LogP contribution < -0.4 is 9.64 Å². The van der Waals surface area contributed by atoms with Gasteiger partial charge in [0.05, 0.1) is 12.2 Å². The Labute approximate surface area is 183 Å². The topological polar surface area (TPSA) is 73.4 Å². The van der Waals surface area contributed by atoms with E-state index in [1.165, 1.54) is 6.42 Å². The predicted molar refractivity (Wildman–Crippen MR) is 117 cm³/mol. The van der Waals surface area contributed by atoms with Gasteiger partial charge >= 0.3 is 0 Å². The number of benzene rings is 1. The first-order chi connectivity index (χ1) is 15.0. The molecule has 1 aromatic carbocycles. The van der Waals surface area contributed by atoms with Crippen LogP contribution in [0.1, 0.15) is 32.6 Å². The van der Waals surface area contributed by atoms with Crippen LogP contribution in [0.3, 0.4) is 0 Å². The van der Waals surface area contributed by atoms with E-state index in [-0.39, 0.29) is 24.1 Å².